The van der Waals surface area contributed by atoms with Crippen LogP contribution in [-0.2, 0) is 17.7 Å². The predicted molar refractivity (Wildman–Crippen MR) is 97.2 cm³/mol. The summed E-state index contributed by atoms with van der Waals surface area (Å²) in [7, 11) is 0. The highest BCUT2D eigenvalue weighted by molar-refractivity contribution is 6.31. The highest BCUT2D eigenvalue weighted by Crippen LogP contribution is 2.28. The summed E-state index contributed by atoms with van der Waals surface area (Å²) in [4.78, 5) is 11.9. The number of carbonyl (C=O) groups is 1. The highest BCUT2D eigenvalue weighted by Gasteiger charge is 2.16. The maximum absolute atomic E-state index is 11.9. The minimum absolute atomic E-state index is 0.309. The molecule has 0 aliphatic heterocycles. The van der Waals surface area contributed by atoms with E-state index >= 15 is 0 Å². The van der Waals surface area contributed by atoms with Crippen LogP contribution in [0.2, 0.25) is 5.02 Å². The quantitative estimate of drug-likeness (QED) is 0.594. The molecule has 3 rings (SSSR count). The van der Waals surface area contributed by atoms with Gasteiger partial charge < -0.3 is 9.15 Å². The standard InChI is InChI=1S/C19H21ClN2O3/c1-4-6-16-10-13-8-15(20)9-14(18(13)25-16)11-22-12(3)7-17(21-22)19(23)24-5-2/h7-10H,4-6,11H2,1-3H3. The average molecular weight is 361 g/mol. The third kappa shape index (κ3) is 3.71. The van der Waals surface area contributed by atoms with Crippen molar-refractivity contribution in [2.45, 2.75) is 40.2 Å². The number of hydrogen-bond donors (Lipinski definition) is 0. The zero-order chi connectivity index (χ0) is 18.0. The molecule has 0 aliphatic carbocycles. The molecule has 1 aromatic carbocycles. The van der Waals surface area contributed by atoms with Gasteiger partial charge in [-0.25, -0.2) is 4.79 Å². The van der Waals surface area contributed by atoms with E-state index in [0.29, 0.717) is 23.9 Å². The van der Waals surface area contributed by atoms with Crippen molar-refractivity contribution in [2.75, 3.05) is 6.61 Å². The van der Waals surface area contributed by atoms with Crippen molar-refractivity contribution in [3.05, 3.63) is 52.0 Å². The summed E-state index contributed by atoms with van der Waals surface area (Å²) in [6.45, 7) is 6.59. The lowest BCUT2D eigenvalue weighted by Crippen LogP contribution is -2.08. The highest BCUT2D eigenvalue weighted by atomic mass is 35.5. The first-order valence-electron chi connectivity index (χ1n) is 8.44. The molecule has 0 atom stereocenters. The Bertz CT molecular complexity index is 911. The first kappa shape index (κ1) is 17.5. The van der Waals surface area contributed by atoms with Crippen LogP contribution in [0, 0.1) is 6.92 Å². The van der Waals surface area contributed by atoms with E-state index in [1.165, 1.54) is 0 Å². The topological polar surface area (TPSA) is 57.3 Å². The molecule has 3 aromatic rings. The molecule has 25 heavy (non-hydrogen) atoms. The van der Waals surface area contributed by atoms with Crippen LogP contribution < -0.4 is 0 Å². The molecule has 6 heteroatoms. The molecule has 2 aromatic heterocycles. The summed E-state index contributed by atoms with van der Waals surface area (Å²) in [5.41, 5.74) is 2.94. The van der Waals surface area contributed by atoms with Crippen molar-refractivity contribution >= 4 is 28.5 Å². The Morgan fingerprint density at radius 1 is 1.28 bits per heavy atom. The van der Waals surface area contributed by atoms with Gasteiger partial charge in [-0.15, -0.1) is 0 Å². The van der Waals surface area contributed by atoms with Gasteiger partial charge in [0.15, 0.2) is 5.69 Å². The molecule has 0 spiro atoms. The Labute approximate surface area is 151 Å². The van der Waals surface area contributed by atoms with Crippen LogP contribution in [0.25, 0.3) is 11.0 Å². The second-order valence-electron chi connectivity index (χ2n) is 6.00. The number of esters is 1. The number of carbonyl (C=O) groups excluding carboxylic acids is 1. The monoisotopic (exact) mass is 360 g/mol. The number of fused-ring (bicyclic) bond motifs is 1. The maximum atomic E-state index is 11.9. The normalized spacial score (nSPS) is 11.2. The van der Waals surface area contributed by atoms with Crippen molar-refractivity contribution in [1.29, 1.82) is 0 Å². The fourth-order valence-electron chi connectivity index (χ4n) is 2.86. The number of hydrogen-bond acceptors (Lipinski definition) is 4. The van der Waals surface area contributed by atoms with Crippen LogP contribution in [0.15, 0.2) is 28.7 Å². The number of furan rings is 1. The number of ether oxygens (including phenoxy) is 1. The van der Waals surface area contributed by atoms with E-state index in [0.717, 1.165) is 40.8 Å². The summed E-state index contributed by atoms with van der Waals surface area (Å²) in [5.74, 6) is 0.536. The van der Waals surface area contributed by atoms with Gasteiger partial charge in [-0.2, -0.15) is 5.10 Å². The molecule has 0 unspecified atom stereocenters. The molecule has 0 aliphatic rings. The van der Waals surface area contributed by atoms with Gasteiger partial charge in [0.05, 0.1) is 13.2 Å². The van der Waals surface area contributed by atoms with Gasteiger partial charge >= 0.3 is 5.97 Å². The van der Waals surface area contributed by atoms with Gasteiger partial charge in [0, 0.05) is 28.1 Å². The second-order valence-corrected chi connectivity index (χ2v) is 6.43. The zero-order valence-electron chi connectivity index (χ0n) is 14.6. The summed E-state index contributed by atoms with van der Waals surface area (Å²) < 4.78 is 12.8. The first-order valence-corrected chi connectivity index (χ1v) is 8.82. The number of halogens is 1. The number of benzene rings is 1. The molecule has 0 N–H and O–H groups in total. The van der Waals surface area contributed by atoms with Crippen LogP contribution in [0.1, 0.15) is 47.8 Å². The summed E-state index contributed by atoms with van der Waals surface area (Å²) in [5, 5.41) is 6.00. The summed E-state index contributed by atoms with van der Waals surface area (Å²) in [6.07, 6.45) is 1.91. The van der Waals surface area contributed by atoms with E-state index in [1.807, 2.05) is 25.1 Å². The number of aromatic nitrogens is 2. The Morgan fingerprint density at radius 2 is 2.08 bits per heavy atom. The van der Waals surface area contributed by atoms with E-state index in [4.69, 9.17) is 20.8 Å². The molecule has 0 fully saturated rings. The van der Waals surface area contributed by atoms with Gasteiger partial charge in [0.2, 0.25) is 0 Å². The zero-order valence-corrected chi connectivity index (χ0v) is 15.4. The number of rotatable bonds is 6. The SMILES string of the molecule is CCCc1cc2cc(Cl)cc(Cn3nc(C(=O)OCC)cc3C)c2o1. The maximum Gasteiger partial charge on any atom is 0.358 e. The van der Waals surface area contributed by atoms with E-state index < -0.39 is 5.97 Å². The Morgan fingerprint density at radius 3 is 2.80 bits per heavy atom. The second kappa shape index (κ2) is 7.31. The van der Waals surface area contributed by atoms with Gasteiger partial charge in [0.25, 0.3) is 0 Å². The summed E-state index contributed by atoms with van der Waals surface area (Å²) in [6, 6.07) is 7.55. The number of aryl methyl sites for hydroxylation is 2. The molecule has 2 heterocycles. The van der Waals surface area contributed by atoms with E-state index in [2.05, 4.69) is 12.0 Å². The van der Waals surface area contributed by atoms with Crippen LogP contribution in [-0.4, -0.2) is 22.4 Å². The molecule has 0 bridgehead atoms. The number of nitrogens with zero attached hydrogens (tertiary/aromatic N) is 2. The molecule has 0 saturated carbocycles. The molecule has 0 radical (unpaired) electrons. The largest absolute Gasteiger partial charge is 0.461 e. The van der Waals surface area contributed by atoms with Crippen LogP contribution in [0.4, 0.5) is 0 Å². The van der Waals surface area contributed by atoms with Crippen LogP contribution >= 0.6 is 11.6 Å². The van der Waals surface area contributed by atoms with Gasteiger partial charge in [-0.05, 0) is 44.5 Å². The lowest BCUT2D eigenvalue weighted by atomic mass is 10.1. The fourth-order valence-corrected chi connectivity index (χ4v) is 3.11. The molecule has 0 amide bonds. The Hall–Kier alpha value is -2.27. The van der Waals surface area contributed by atoms with Crippen LogP contribution in [0.5, 0.6) is 0 Å². The minimum atomic E-state index is -0.413. The first-order chi connectivity index (χ1) is 12.0. The van der Waals surface area contributed by atoms with Gasteiger partial charge in [0.1, 0.15) is 11.3 Å². The van der Waals surface area contributed by atoms with Gasteiger partial charge in [-0.3, -0.25) is 4.68 Å². The molecule has 0 saturated heterocycles. The van der Waals surface area contributed by atoms with Crippen molar-refractivity contribution in [2.24, 2.45) is 0 Å². The predicted octanol–water partition coefficient (Wildman–Crippen LogP) is 4.77. The van der Waals surface area contributed by atoms with Gasteiger partial charge in [-0.1, -0.05) is 18.5 Å². The van der Waals surface area contributed by atoms with Crippen molar-refractivity contribution in [3.63, 3.8) is 0 Å². The minimum Gasteiger partial charge on any atom is -0.461 e. The Balaban J connectivity index is 1.96. The third-order valence-corrected chi connectivity index (χ3v) is 4.21. The molecular formula is C19H21ClN2O3. The lowest BCUT2D eigenvalue weighted by molar-refractivity contribution is 0.0518. The van der Waals surface area contributed by atoms with E-state index in [-0.39, 0.29) is 0 Å². The lowest BCUT2D eigenvalue weighted by Gasteiger charge is -2.06. The van der Waals surface area contributed by atoms with Crippen LogP contribution in [0.3, 0.4) is 0 Å². The molecule has 5 nitrogen and oxygen atoms in total. The molecule has 132 valence electrons. The Kier molecular flexibility index (Phi) is 5.13. The van der Waals surface area contributed by atoms with Crippen molar-refractivity contribution in [1.82, 2.24) is 9.78 Å². The van der Waals surface area contributed by atoms with Crippen molar-refractivity contribution < 1.29 is 13.9 Å². The third-order valence-electron chi connectivity index (χ3n) is 3.99. The smallest absolute Gasteiger partial charge is 0.358 e. The van der Waals surface area contributed by atoms with Crippen molar-refractivity contribution in [3.8, 4) is 0 Å². The average Bonchev–Trinajstić information content (AvgIpc) is 3.12. The molecular weight excluding hydrogens is 340 g/mol. The van der Waals surface area contributed by atoms with E-state index in [1.54, 1.807) is 17.7 Å². The fraction of sp³-hybridized carbons (Fsp3) is 0.368. The summed E-state index contributed by atoms with van der Waals surface area (Å²) >= 11 is 6.27. The van der Waals surface area contributed by atoms with E-state index in [9.17, 15) is 4.79 Å².